The highest BCUT2D eigenvalue weighted by molar-refractivity contribution is 6.32. The summed E-state index contributed by atoms with van der Waals surface area (Å²) in [6.07, 6.45) is 0. The molecule has 2 rings (SSSR count). The first-order valence-corrected chi connectivity index (χ1v) is 7.88. The predicted octanol–water partition coefficient (Wildman–Crippen LogP) is 3.35. The van der Waals surface area contributed by atoms with Crippen LogP contribution < -0.4 is 19.7 Å². The van der Waals surface area contributed by atoms with Crippen molar-refractivity contribution in [3.63, 3.8) is 0 Å². The first kappa shape index (κ1) is 18.6. The molecule has 0 fully saturated rings. The van der Waals surface area contributed by atoms with Crippen molar-refractivity contribution in [3.8, 4) is 11.5 Å². The Balaban J connectivity index is 2.09. The van der Waals surface area contributed by atoms with Crippen molar-refractivity contribution in [1.29, 1.82) is 0 Å². The van der Waals surface area contributed by atoms with Gasteiger partial charge in [0.2, 0.25) is 11.8 Å². The quantitative estimate of drug-likeness (QED) is 0.855. The van der Waals surface area contributed by atoms with Crippen LogP contribution in [0.15, 0.2) is 42.5 Å². The second-order valence-electron chi connectivity index (χ2n) is 5.20. The second-order valence-corrected chi connectivity index (χ2v) is 5.61. The largest absolute Gasteiger partial charge is 0.497 e. The van der Waals surface area contributed by atoms with E-state index in [1.54, 1.807) is 49.6 Å². The van der Waals surface area contributed by atoms with Gasteiger partial charge in [-0.25, -0.2) is 0 Å². The number of ether oxygens (including phenoxy) is 2. The molecule has 0 unspecified atom stereocenters. The van der Waals surface area contributed by atoms with Gasteiger partial charge in [0.05, 0.1) is 19.2 Å². The summed E-state index contributed by atoms with van der Waals surface area (Å²) in [5.74, 6) is 0.605. The van der Waals surface area contributed by atoms with E-state index in [0.29, 0.717) is 27.9 Å². The average Bonchev–Trinajstić information content (AvgIpc) is 2.60. The molecule has 7 heteroatoms. The highest BCUT2D eigenvalue weighted by Crippen LogP contribution is 2.27. The molecule has 132 valence electrons. The van der Waals surface area contributed by atoms with Crippen LogP contribution in [0.5, 0.6) is 11.5 Å². The third-order valence-electron chi connectivity index (χ3n) is 3.50. The lowest BCUT2D eigenvalue weighted by Crippen LogP contribution is -2.36. The van der Waals surface area contributed by atoms with Gasteiger partial charge in [0.1, 0.15) is 18.0 Å². The number of nitrogens with one attached hydrogen (secondary N) is 1. The number of carbonyl (C=O) groups is 2. The monoisotopic (exact) mass is 362 g/mol. The number of nitrogens with zero attached hydrogens (tertiary/aromatic N) is 1. The predicted molar refractivity (Wildman–Crippen MR) is 97.7 cm³/mol. The zero-order chi connectivity index (χ0) is 18.4. The molecule has 0 saturated carbocycles. The number of hydrogen-bond acceptors (Lipinski definition) is 4. The zero-order valence-corrected chi connectivity index (χ0v) is 15.0. The van der Waals surface area contributed by atoms with Crippen LogP contribution >= 0.6 is 11.6 Å². The lowest BCUT2D eigenvalue weighted by molar-refractivity contribution is -0.120. The normalized spacial score (nSPS) is 10.1. The maximum atomic E-state index is 12.3. The summed E-state index contributed by atoms with van der Waals surface area (Å²) in [7, 11) is 3.07. The SMILES string of the molecule is COc1ccc(N(CC(=O)Nc2ccc(OC)c(Cl)c2)C(C)=O)cc1. The Morgan fingerprint density at radius 1 is 1.08 bits per heavy atom. The van der Waals surface area contributed by atoms with Crippen LogP contribution in [-0.2, 0) is 9.59 Å². The molecule has 2 aromatic rings. The van der Waals surface area contributed by atoms with Crippen molar-refractivity contribution in [3.05, 3.63) is 47.5 Å². The average molecular weight is 363 g/mol. The Bertz CT molecular complexity index is 762. The summed E-state index contributed by atoms with van der Waals surface area (Å²) < 4.78 is 10.2. The third kappa shape index (κ3) is 4.87. The van der Waals surface area contributed by atoms with Gasteiger partial charge in [0, 0.05) is 18.3 Å². The van der Waals surface area contributed by atoms with Gasteiger partial charge in [0.25, 0.3) is 0 Å². The van der Waals surface area contributed by atoms with E-state index < -0.39 is 0 Å². The number of methoxy groups -OCH3 is 2. The van der Waals surface area contributed by atoms with Crippen LogP contribution in [0, 0.1) is 0 Å². The van der Waals surface area contributed by atoms with Gasteiger partial charge in [-0.15, -0.1) is 0 Å². The summed E-state index contributed by atoms with van der Waals surface area (Å²) in [5.41, 5.74) is 1.13. The number of hydrogen-bond donors (Lipinski definition) is 1. The van der Waals surface area contributed by atoms with E-state index in [1.165, 1.54) is 18.9 Å². The first-order valence-electron chi connectivity index (χ1n) is 7.50. The number of anilines is 2. The molecular weight excluding hydrogens is 344 g/mol. The molecular formula is C18H19ClN2O4. The van der Waals surface area contributed by atoms with E-state index in [9.17, 15) is 9.59 Å². The molecule has 6 nitrogen and oxygen atoms in total. The highest BCUT2D eigenvalue weighted by atomic mass is 35.5. The van der Waals surface area contributed by atoms with Crippen LogP contribution in [0.4, 0.5) is 11.4 Å². The molecule has 25 heavy (non-hydrogen) atoms. The van der Waals surface area contributed by atoms with Crippen molar-refractivity contribution >= 4 is 34.8 Å². The smallest absolute Gasteiger partial charge is 0.244 e. The number of rotatable bonds is 6. The van der Waals surface area contributed by atoms with Gasteiger partial charge in [0.15, 0.2) is 0 Å². The number of amides is 2. The van der Waals surface area contributed by atoms with Crippen molar-refractivity contribution in [2.75, 3.05) is 31.0 Å². The van der Waals surface area contributed by atoms with Crippen molar-refractivity contribution in [1.82, 2.24) is 0 Å². The van der Waals surface area contributed by atoms with Gasteiger partial charge in [-0.2, -0.15) is 0 Å². The molecule has 0 aliphatic rings. The number of halogens is 1. The molecule has 0 bridgehead atoms. The van der Waals surface area contributed by atoms with Gasteiger partial charge in [-0.05, 0) is 42.5 Å². The first-order chi connectivity index (χ1) is 11.9. The molecule has 0 heterocycles. The van der Waals surface area contributed by atoms with Crippen molar-refractivity contribution in [2.24, 2.45) is 0 Å². The molecule has 2 aromatic carbocycles. The molecule has 0 radical (unpaired) electrons. The molecule has 2 amide bonds. The van der Waals surface area contributed by atoms with Gasteiger partial charge in [-0.1, -0.05) is 11.6 Å². The second kappa shape index (κ2) is 8.39. The maximum Gasteiger partial charge on any atom is 0.244 e. The Hall–Kier alpha value is -2.73. The maximum absolute atomic E-state index is 12.3. The number of carbonyl (C=O) groups excluding carboxylic acids is 2. The van der Waals surface area contributed by atoms with Gasteiger partial charge >= 0.3 is 0 Å². The van der Waals surface area contributed by atoms with Crippen LogP contribution in [-0.4, -0.2) is 32.6 Å². The minimum absolute atomic E-state index is 0.120. The Kier molecular flexibility index (Phi) is 6.25. The lowest BCUT2D eigenvalue weighted by Gasteiger charge is -2.21. The minimum Gasteiger partial charge on any atom is -0.497 e. The molecule has 0 aliphatic carbocycles. The fourth-order valence-corrected chi connectivity index (χ4v) is 2.49. The van der Waals surface area contributed by atoms with Gasteiger partial charge < -0.3 is 19.7 Å². The molecule has 0 aliphatic heterocycles. The summed E-state index contributed by atoms with van der Waals surface area (Å²) in [6, 6.07) is 11.8. The Morgan fingerprint density at radius 3 is 2.28 bits per heavy atom. The molecule has 1 N–H and O–H groups in total. The van der Waals surface area contributed by atoms with E-state index in [0.717, 1.165) is 0 Å². The fourth-order valence-electron chi connectivity index (χ4n) is 2.23. The highest BCUT2D eigenvalue weighted by Gasteiger charge is 2.16. The summed E-state index contributed by atoms with van der Waals surface area (Å²) in [5, 5.41) is 3.10. The van der Waals surface area contributed by atoms with E-state index in [-0.39, 0.29) is 18.4 Å². The van der Waals surface area contributed by atoms with E-state index >= 15 is 0 Å². The Labute approximate surface area is 151 Å². The standard InChI is InChI=1S/C18H19ClN2O4/c1-12(22)21(14-5-7-15(24-2)8-6-14)11-18(23)20-13-4-9-17(25-3)16(19)10-13/h4-10H,11H2,1-3H3,(H,20,23). The molecule has 0 atom stereocenters. The van der Waals surface area contributed by atoms with E-state index in [2.05, 4.69) is 5.32 Å². The molecule has 0 spiro atoms. The van der Waals surface area contributed by atoms with Crippen LogP contribution in [0.1, 0.15) is 6.92 Å². The Morgan fingerprint density at radius 2 is 1.76 bits per heavy atom. The molecule has 0 saturated heterocycles. The third-order valence-corrected chi connectivity index (χ3v) is 3.80. The minimum atomic E-state index is -0.341. The van der Waals surface area contributed by atoms with Gasteiger partial charge in [-0.3, -0.25) is 9.59 Å². The van der Waals surface area contributed by atoms with Crippen molar-refractivity contribution in [2.45, 2.75) is 6.92 Å². The number of benzene rings is 2. The van der Waals surface area contributed by atoms with Crippen LogP contribution in [0.25, 0.3) is 0 Å². The topological polar surface area (TPSA) is 67.9 Å². The lowest BCUT2D eigenvalue weighted by atomic mass is 10.2. The summed E-state index contributed by atoms with van der Waals surface area (Å²) in [6.45, 7) is 1.28. The summed E-state index contributed by atoms with van der Waals surface area (Å²) in [4.78, 5) is 25.6. The zero-order valence-electron chi connectivity index (χ0n) is 14.2. The van der Waals surface area contributed by atoms with Crippen LogP contribution in [0.3, 0.4) is 0 Å². The van der Waals surface area contributed by atoms with E-state index in [4.69, 9.17) is 21.1 Å². The van der Waals surface area contributed by atoms with Crippen molar-refractivity contribution < 1.29 is 19.1 Å². The fraction of sp³-hybridized carbons (Fsp3) is 0.222. The van der Waals surface area contributed by atoms with Crippen LogP contribution in [0.2, 0.25) is 5.02 Å². The molecule has 0 aromatic heterocycles. The summed E-state index contributed by atoms with van der Waals surface area (Å²) >= 11 is 6.04. The van der Waals surface area contributed by atoms with E-state index in [1.807, 2.05) is 0 Å².